The van der Waals surface area contributed by atoms with Crippen LogP contribution in [0.2, 0.25) is 0 Å². The van der Waals surface area contributed by atoms with E-state index in [0.717, 1.165) is 42.0 Å². The summed E-state index contributed by atoms with van der Waals surface area (Å²) >= 11 is 0. The molecule has 0 saturated carbocycles. The van der Waals surface area contributed by atoms with Gasteiger partial charge in [-0.05, 0) is 52.7 Å². The van der Waals surface area contributed by atoms with Gasteiger partial charge in [-0.3, -0.25) is 0 Å². The molecule has 0 spiro atoms. The second kappa shape index (κ2) is 8.40. The van der Waals surface area contributed by atoms with Crippen molar-refractivity contribution < 1.29 is 14.3 Å². The zero-order chi connectivity index (χ0) is 19.3. The number of aromatic nitrogens is 2. The van der Waals surface area contributed by atoms with Crippen molar-refractivity contribution in [1.82, 2.24) is 14.9 Å². The molecule has 0 bridgehead atoms. The monoisotopic (exact) mass is 362 g/mol. The first-order valence-electron chi connectivity index (χ1n) is 9.01. The maximum absolute atomic E-state index is 11.7. The Hall–Kier alpha value is -2.28. The van der Waals surface area contributed by atoms with Crippen molar-refractivity contribution in [2.75, 3.05) is 13.7 Å². The number of carbonyl (C=O) groups excluding carboxylic acids is 1. The number of benzene rings is 1. The smallest absolute Gasteiger partial charge is 0.407 e. The molecule has 0 aliphatic rings. The summed E-state index contributed by atoms with van der Waals surface area (Å²) in [6, 6.07) is 5.65. The minimum absolute atomic E-state index is 0.200. The molecule has 1 heterocycles. The normalized spacial score (nSPS) is 12.8. The average Bonchev–Trinajstić information content (AvgIpc) is 2.94. The van der Waals surface area contributed by atoms with Crippen LogP contribution in [0.4, 0.5) is 4.79 Å². The molecule has 0 aliphatic heterocycles. The van der Waals surface area contributed by atoms with E-state index in [0.29, 0.717) is 6.54 Å². The topological polar surface area (TPSA) is 91.4 Å². The van der Waals surface area contributed by atoms with Gasteiger partial charge < -0.3 is 25.1 Å². The summed E-state index contributed by atoms with van der Waals surface area (Å²) in [6.07, 6.45) is 1.06. The predicted octanol–water partition coefficient (Wildman–Crippen LogP) is 3.37. The largest absolute Gasteiger partial charge is 0.497 e. The number of nitrogens with one attached hydrogen (secondary N) is 1. The van der Waals surface area contributed by atoms with Crippen molar-refractivity contribution in [2.24, 2.45) is 5.73 Å². The lowest BCUT2D eigenvalue weighted by Crippen LogP contribution is -2.33. The van der Waals surface area contributed by atoms with Gasteiger partial charge in [0.05, 0.1) is 24.2 Å². The number of alkyl carbamates (subject to hydrolysis) is 1. The Morgan fingerprint density at radius 1 is 1.38 bits per heavy atom. The van der Waals surface area contributed by atoms with Crippen LogP contribution >= 0.6 is 0 Å². The summed E-state index contributed by atoms with van der Waals surface area (Å²) in [4.78, 5) is 16.4. The molecule has 0 radical (unpaired) electrons. The quantitative estimate of drug-likeness (QED) is 0.737. The molecule has 26 heavy (non-hydrogen) atoms. The molecule has 7 nitrogen and oxygen atoms in total. The van der Waals surface area contributed by atoms with E-state index >= 15 is 0 Å². The Kier molecular flexibility index (Phi) is 6.47. The van der Waals surface area contributed by atoms with Crippen LogP contribution in [0, 0.1) is 0 Å². The van der Waals surface area contributed by atoms with Crippen LogP contribution in [0.1, 0.15) is 52.4 Å². The van der Waals surface area contributed by atoms with Gasteiger partial charge in [0, 0.05) is 19.2 Å². The van der Waals surface area contributed by atoms with Gasteiger partial charge in [-0.15, -0.1) is 0 Å². The summed E-state index contributed by atoms with van der Waals surface area (Å²) in [6.45, 7) is 8.91. The number of ether oxygens (including phenoxy) is 2. The molecule has 1 amide bonds. The van der Waals surface area contributed by atoms with Crippen LogP contribution in [0.3, 0.4) is 0 Å². The zero-order valence-electron chi connectivity index (χ0n) is 16.3. The van der Waals surface area contributed by atoms with Crippen LogP contribution in [0.15, 0.2) is 18.2 Å². The number of methoxy groups -OCH3 is 1. The molecule has 0 aliphatic carbocycles. The van der Waals surface area contributed by atoms with Crippen molar-refractivity contribution in [1.29, 1.82) is 0 Å². The van der Waals surface area contributed by atoms with Crippen LogP contribution in [-0.2, 0) is 11.3 Å². The zero-order valence-corrected chi connectivity index (χ0v) is 16.3. The number of nitrogens with two attached hydrogens (primary N) is 1. The number of hydrogen-bond donors (Lipinski definition) is 2. The number of rotatable bonds is 7. The number of carbonyl (C=O) groups is 1. The standard InChI is InChI=1S/C19H30N4O3/c1-6-23-16-10-9-13(25-5)12-15(16)22-17(23)14(20)8-7-11-21-18(24)26-19(2,3)4/h9-10,12,14H,6-8,11,20H2,1-5H3,(H,21,24). The second-order valence-corrected chi connectivity index (χ2v) is 7.25. The van der Waals surface area contributed by atoms with Crippen molar-refractivity contribution in [3.05, 3.63) is 24.0 Å². The third kappa shape index (κ3) is 5.11. The third-order valence-corrected chi connectivity index (χ3v) is 3.99. The van der Waals surface area contributed by atoms with E-state index in [4.69, 9.17) is 20.2 Å². The summed E-state index contributed by atoms with van der Waals surface area (Å²) in [5, 5.41) is 2.76. The van der Waals surface area contributed by atoms with Gasteiger partial charge >= 0.3 is 6.09 Å². The number of aryl methyl sites for hydroxylation is 1. The fraction of sp³-hybridized carbons (Fsp3) is 0.579. The molecular weight excluding hydrogens is 332 g/mol. The van der Waals surface area contributed by atoms with Gasteiger partial charge in [0.1, 0.15) is 17.2 Å². The summed E-state index contributed by atoms with van der Waals surface area (Å²) in [7, 11) is 1.64. The minimum Gasteiger partial charge on any atom is -0.497 e. The van der Waals surface area contributed by atoms with Gasteiger partial charge in [0.2, 0.25) is 0 Å². The first-order chi connectivity index (χ1) is 12.2. The molecule has 2 aromatic rings. The highest BCUT2D eigenvalue weighted by molar-refractivity contribution is 5.78. The molecule has 3 N–H and O–H groups in total. The highest BCUT2D eigenvalue weighted by Crippen LogP contribution is 2.25. The number of hydrogen-bond acceptors (Lipinski definition) is 5. The number of imidazole rings is 1. The summed E-state index contributed by atoms with van der Waals surface area (Å²) in [5.41, 5.74) is 7.80. The van der Waals surface area contributed by atoms with Crippen LogP contribution in [0.5, 0.6) is 5.75 Å². The van der Waals surface area contributed by atoms with Gasteiger partial charge in [0.15, 0.2) is 0 Å². The molecule has 0 saturated heterocycles. The molecule has 0 fully saturated rings. The van der Waals surface area contributed by atoms with E-state index in [1.54, 1.807) is 7.11 Å². The number of amides is 1. The predicted molar refractivity (Wildman–Crippen MR) is 102 cm³/mol. The highest BCUT2D eigenvalue weighted by Gasteiger charge is 2.18. The maximum Gasteiger partial charge on any atom is 0.407 e. The van der Waals surface area contributed by atoms with Crippen molar-refractivity contribution in [2.45, 2.75) is 58.7 Å². The van der Waals surface area contributed by atoms with Crippen LogP contribution < -0.4 is 15.8 Å². The molecule has 1 aromatic carbocycles. The summed E-state index contributed by atoms with van der Waals surface area (Å²) in [5.74, 6) is 1.63. The van der Waals surface area contributed by atoms with E-state index in [1.807, 2.05) is 39.0 Å². The fourth-order valence-corrected chi connectivity index (χ4v) is 2.83. The van der Waals surface area contributed by atoms with Gasteiger partial charge in [-0.1, -0.05) is 0 Å². The molecule has 1 unspecified atom stereocenters. The van der Waals surface area contributed by atoms with E-state index in [9.17, 15) is 4.79 Å². The van der Waals surface area contributed by atoms with E-state index in [2.05, 4.69) is 16.8 Å². The van der Waals surface area contributed by atoms with Crippen molar-refractivity contribution in [3.63, 3.8) is 0 Å². The Morgan fingerprint density at radius 2 is 2.12 bits per heavy atom. The van der Waals surface area contributed by atoms with Crippen molar-refractivity contribution in [3.8, 4) is 5.75 Å². The van der Waals surface area contributed by atoms with E-state index in [-0.39, 0.29) is 6.04 Å². The molecule has 7 heteroatoms. The number of nitrogens with zero attached hydrogens (tertiary/aromatic N) is 2. The second-order valence-electron chi connectivity index (χ2n) is 7.25. The molecule has 1 aromatic heterocycles. The fourth-order valence-electron chi connectivity index (χ4n) is 2.83. The van der Waals surface area contributed by atoms with E-state index < -0.39 is 11.7 Å². The molecule has 2 rings (SSSR count). The average molecular weight is 362 g/mol. The number of fused-ring (bicyclic) bond motifs is 1. The Bertz CT molecular complexity index is 749. The highest BCUT2D eigenvalue weighted by atomic mass is 16.6. The minimum atomic E-state index is -0.493. The van der Waals surface area contributed by atoms with Gasteiger partial charge in [-0.2, -0.15) is 0 Å². The Balaban J connectivity index is 1.96. The van der Waals surface area contributed by atoms with Gasteiger partial charge in [-0.25, -0.2) is 9.78 Å². The Morgan fingerprint density at radius 3 is 2.73 bits per heavy atom. The lowest BCUT2D eigenvalue weighted by Gasteiger charge is -2.20. The lowest BCUT2D eigenvalue weighted by atomic mass is 10.1. The maximum atomic E-state index is 11.7. The first-order valence-corrected chi connectivity index (χ1v) is 9.01. The SMILES string of the molecule is CCn1c(C(N)CCCNC(=O)OC(C)(C)C)nc2cc(OC)ccc21. The summed E-state index contributed by atoms with van der Waals surface area (Å²) < 4.78 is 12.6. The Labute approximate surface area is 154 Å². The van der Waals surface area contributed by atoms with E-state index in [1.165, 1.54) is 0 Å². The first kappa shape index (κ1) is 20.0. The van der Waals surface area contributed by atoms with Crippen molar-refractivity contribution >= 4 is 17.1 Å². The molecule has 1 atom stereocenters. The molecular formula is C19H30N4O3. The third-order valence-electron chi connectivity index (χ3n) is 3.99. The van der Waals surface area contributed by atoms with Gasteiger partial charge in [0.25, 0.3) is 0 Å². The van der Waals surface area contributed by atoms with Crippen LogP contribution in [-0.4, -0.2) is 34.9 Å². The lowest BCUT2D eigenvalue weighted by molar-refractivity contribution is 0.0526. The molecule has 144 valence electrons. The van der Waals surface area contributed by atoms with Crippen LogP contribution in [0.25, 0.3) is 11.0 Å².